The first-order valence-electron chi connectivity index (χ1n) is 4.72. The summed E-state index contributed by atoms with van der Waals surface area (Å²) >= 11 is 5.72. The summed E-state index contributed by atoms with van der Waals surface area (Å²) in [7, 11) is 0. The van der Waals surface area contributed by atoms with Gasteiger partial charge in [-0.05, 0) is 30.3 Å². The van der Waals surface area contributed by atoms with Gasteiger partial charge in [0.05, 0.1) is 11.3 Å². The lowest BCUT2D eigenvalue weighted by Gasteiger charge is -2.03. The number of pyridine rings is 1. The molecule has 0 saturated heterocycles. The molecule has 0 aliphatic rings. The molecule has 17 heavy (non-hydrogen) atoms. The Morgan fingerprint density at radius 1 is 1.29 bits per heavy atom. The van der Waals surface area contributed by atoms with Crippen molar-refractivity contribution >= 4 is 17.6 Å². The summed E-state index contributed by atoms with van der Waals surface area (Å²) in [5.74, 6) is -1.55. The van der Waals surface area contributed by atoms with Gasteiger partial charge < -0.3 is 5.11 Å². The van der Waals surface area contributed by atoms with E-state index in [0.29, 0.717) is 11.3 Å². The van der Waals surface area contributed by atoms with Gasteiger partial charge in [0.15, 0.2) is 0 Å². The van der Waals surface area contributed by atoms with Crippen LogP contribution in [0.1, 0.15) is 10.4 Å². The van der Waals surface area contributed by atoms with E-state index in [2.05, 4.69) is 4.98 Å². The third kappa shape index (κ3) is 2.60. The van der Waals surface area contributed by atoms with Gasteiger partial charge in [0, 0.05) is 16.8 Å². The average Bonchev–Trinajstić information content (AvgIpc) is 2.28. The van der Waals surface area contributed by atoms with Gasteiger partial charge in [0.25, 0.3) is 0 Å². The van der Waals surface area contributed by atoms with Crippen LogP contribution in [0.4, 0.5) is 4.39 Å². The van der Waals surface area contributed by atoms with E-state index in [4.69, 9.17) is 16.7 Å². The molecule has 0 radical (unpaired) electrons. The van der Waals surface area contributed by atoms with Gasteiger partial charge in [-0.2, -0.15) is 0 Å². The molecule has 1 aromatic carbocycles. The average molecular weight is 252 g/mol. The first kappa shape index (κ1) is 11.5. The van der Waals surface area contributed by atoms with Crippen molar-refractivity contribution in [1.29, 1.82) is 0 Å². The number of nitrogens with zero attached hydrogens (tertiary/aromatic N) is 1. The van der Waals surface area contributed by atoms with E-state index in [0.717, 1.165) is 0 Å². The largest absolute Gasteiger partial charge is 0.478 e. The second-order valence-corrected chi connectivity index (χ2v) is 3.83. The molecular formula is C12H7ClFNO2. The lowest BCUT2D eigenvalue weighted by Crippen LogP contribution is -1.97. The third-order valence-electron chi connectivity index (χ3n) is 2.17. The summed E-state index contributed by atoms with van der Waals surface area (Å²) in [6.45, 7) is 0. The standard InChI is InChI=1S/C12H7ClFNO2/c13-9-3-8(4-10(14)6-9)11-5-7(12(16)17)1-2-15-11/h1-6H,(H,16,17). The van der Waals surface area contributed by atoms with Crippen LogP contribution in [-0.4, -0.2) is 16.1 Å². The highest BCUT2D eigenvalue weighted by molar-refractivity contribution is 6.30. The lowest BCUT2D eigenvalue weighted by molar-refractivity contribution is 0.0697. The van der Waals surface area contributed by atoms with Crippen molar-refractivity contribution in [3.05, 3.63) is 52.9 Å². The van der Waals surface area contributed by atoms with Crippen LogP contribution in [0.25, 0.3) is 11.3 Å². The molecule has 0 saturated carbocycles. The fourth-order valence-corrected chi connectivity index (χ4v) is 1.64. The molecule has 2 aromatic rings. The summed E-state index contributed by atoms with van der Waals surface area (Å²) < 4.78 is 13.1. The van der Waals surface area contributed by atoms with Crippen LogP contribution in [0.15, 0.2) is 36.5 Å². The number of aromatic nitrogens is 1. The highest BCUT2D eigenvalue weighted by atomic mass is 35.5. The molecule has 5 heteroatoms. The number of carboxylic acids is 1. The Morgan fingerprint density at radius 2 is 2.06 bits per heavy atom. The normalized spacial score (nSPS) is 10.2. The zero-order valence-corrected chi connectivity index (χ0v) is 9.28. The molecule has 3 nitrogen and oxygen atoms in total. The Kier molecular flexibility index (Phi) is 3.06. The quantitative estimate of drug-likeness (QED) is 0.891. The number of aromatic carboxylic acids is 1. The molecule has 1 aromatic heterocycles. The predicted octanol–water partition coefficient (Wildman–Crippen LogP) is 3.24. The van der Waals surface area contributed by atoms with Gasteiger partial charge in [-0.15, -0.1) is 0 Å². The van der Waals surface area contributed by atoms with Gasteiger partial charge >= 0.3 is 5.97 Å². The van der Waals surface area contributed by atoms with Crippen molar-refractivity contribution in [3.8, 4) is 11.3 Å². The lowest BCUT2D eigenvalue weighted by atomic mass is 10.1. The molecule has 0 aliphatic heterocycles. The second-order valence-electron chi connectivity index (χ2n) is 3.39. The van der Waals surface area contributed by atoms with E-state index >= 15 is 0 Å². The Labute approximate surface area is 101 Å². The minimum Gasteiger partial charge on any atom is -0.478 e. The van der Waals surface area contributed by atoms with E-state index in [1.165, 1.54) is 36.5 Å². The number of halogens is 2. The Hall–Kier alpha value is -1.94. The minimum absolute atomic E-state index is 0.0929. The topological polar surface area (TPSA) is 50.2 Å². The van der Waals surface area contributed by atoms with Crippen LogP contribution < -0.4 is 0 Å². The maximum atomic E-state index is 13.1. The van der Waals surface area contributed by atoms with Crippen LogP contribution in [0.5, 0.6) is 0 Å². The van der Waals surface area contributed by atoms with Crippen molar-refractivity contribution in [2.24, 2.45) is 0 Å². The molecule has 0 atom stereocenters. The maximum Gasteiger partial charge on any atom is 0.335 e. The molecule has 0 aliphatic carbocycles. The van der Waals surface area contributed by atoms with Crippen LogP contribution in [0, 0.1) is 5.82 Å². The number of carboxylic acid groups (broad SMARTS) is 1. The summed E-state index contributed by atoms with van der Waals surface area (Å²) in [5.41, 5.74) is 0.903. The molecule has 2 rings (SSSR count). The third-order valence-corrected chi connectivity index (χ3v) is 2.38. The predicted molar refractivity (Wildman–Crippen MR) is 61.6 cm³/mol. The minimum atomic E-state index is -1.06. The smallest absolute Gasteiger partial charge is 0.335 e. The number of hydrogen-bond acceptors (Lipinski definition) is 2. The van der Waals surface area contributed by atoms with E-state index < -0.39 is 11.8 Å². The first-order chi connectivity index (χ1) is 8.06. The van der Waals surface area contributed by atoms with E-state index in [1.807, 2.05) is 0 Å². The molecule has 0 amide bonds. The SMILES string of the molecule is O=C(O)c1ccnc(-c2cc(F)cc(Cl)c2)c1. The zero-order valence-electron chi connectivity index (χ0n) is 8.52. The Balaban J connectivity index is 2.52. The van der Waals surface area contributed by atoms with Crippen LogP contribution in [0.3, 0.4) is 0 Å². The van der Waals surface area contributed by atoms with Gasteiger partial charge in [-0.25, -0.2) is 9.18 Å². The molecular weight excluding hydrogens is 245 g/mol. The number of benzene rings is 1. The van der Waals surface area contributed by atoms with Crippen LogP contribution in [0.2, 0.25) is 5.02 Å². The van der Waals surface area contributed by atoms with Gasteiger partial charge in [0.1, 0.15) is 5.82 Å². The van der Waals surface area contributed by atoms with Crippen LogP contribution in [-0.2, 0) is 0 Å². The summed E-state index contributed by atoms with van der Waals surface area (Å²) in [6, 6.07) is 6.69. The van der Waals surface area contributed by atoms with Crippen molar-refractivity contribution < 1.29 is 14.3 Å². The fourth-order valence-electron chi connectivity index (χ4n) is 1.42. The molecule has 0 fully saturated rings. The van der Waals surface area contributed by atoms with Crippen molar-refractivity contribution in [1.82, 2.24) is 4.98 Å². The summed E-state index contributed by atoms with van der Waals surface area (Å²) in [4.78, 5) is 14.8. The van der Waals surface area contributed by atoms with E-state index in [1.54, 1.807) is 0 Å². The van der Waals surface area contributed by atoms with Gasteiger partial charge in [-0.1, -0.05) is 11.6 Å². The van der Waals surface area contributed by atoms with Crippen molar-refractivity contribution in [2.45, 2.75) is 0 Å². The highest BCUT2D eigenvalue weighted by Crippen LogP contribution is 2.23. The Bertz CT molecular complexity index is 566. The molecule has 1 N–H and O–H groups in total. The highest BCUT2D eigenvalue weighted by Gasteiger charge is 2.07. The monoisotopic (exact) mass is 251 g/mol. The molecule has 86 valence electrons. The summed E-state index contributed by atoms with van der Waals surface area (Å²) in [6.07, 6.45) is 1.36. The Morgan fingerprint density at radius 3 is 2.71 bits per heavy atom. The summed E-state index contributed by atoms with van der Waals surface area (Å²) in [5, 5.41) is 9.08. The number of carbonyl (C=O) groups is 1. The van der Waals surface area contributed by atoms with Crippen molar-refractivity contribution in [3.63, 3.8) is 0 Å². The van der Waals surface area contributed by atoms with E-state index in [9.17, 15) is 9.18 Å². The van der Waals surface area contributed by atoms with Gasteiger partial charge in [0.2, 0.25) is 0 Å². The molecule has 0 unspecified atom stereocenters. The first-order valence-corrected chi connectivity index (χ1v) is 5.10. The second kappa shape index (κ2) is 4.51. The molecule has 0 spiro atoms. The zero-order chi connectivity index (χ0) is 12.4. The number of rotatable bonds is 2. The molecule has 1 heterocycles. The van der Waals surface area contributed by atoms with Crippen molar-refractivity contribution in [2.75, 3.05) is 0 Å². The van der Waals surface area contributed by atoms with Crippen LogP contribution >= 0.6 is 11.6 Å². The van der Waals surface area contributed by atoms with E-state index in [-0.39, 0.29) is 10.6 Å². The maximum absolute atomic E-state index is 13.1. The van der Waals surface area contributed by atoms with Gasteiger partial charge in [-0.3, -0.25) is 4.98 Å². The fraction of sp³-hybridized carbons (Fsp3) is 0. The molecule has 0 bridgehead atoms. The number of hydrogen-bond donors (Lipinski definition) is 1.